The van der Waals surface area contributed by atoms with E-state index in [1.165, 1.54) is 66.9 Å². The number of nitrogens with one attached hydrogen (secondary N) is 1. The lowest BCUT2D eigenvalue weighted by Crippen LogP contribution is -2.56. The van der Waals surface area contributed by atoms with Crippen molar-refractivity contribution in [2.24, 2.45) is 0 Å². The minimum Gasteiger partial charge on any atom is -0.261 e. The molecule has 144 valence electrons. The van der Waals surface area contributed by atoms with Gasteiger partial charge >= 0.3 is 21.0 Å². The first-order valence-corrected chi connectivity index (χ1v) is 9.04. The number of benzene rings is 1. The number of hydrogen-bond acceptors (Lipinski definition) is 3. The summed E-state index contributed by atoms with van der Waals surface area (Å²) in [5.74, 6) is 0. The van der Waals surface area contributed by atoms with Crippen molar-refractivity contribution in [1.29, 1.82) is 0 Å². The molecule has 0 bridgehead atoms. The molecule has 0 amide bonds. The number of sulfonamides is 1. The first-order valence-electron chi connectivity index (χ1n) is 5.97. The third-order valence-electron chi connectivity index (χ3n) is 2.57. The van der Waals surface area contributed by atoms with Crippen LogP contribution >= 0.6 is 31.9 Å². The van der Waals surface area contributed by atoms with Crippen LogP contribution in [0.15, 0.2) is 30.3 Å². The second-order valence-corrected chi connectivity index (χ2v) is 8.28. The molecule has 1 rings (SSSR count). The van der Waals surface area contributed by atoms with E-state index >= 15 is 0 Å². The largest absolute Gasteiger partial charge is 0.448 e. The fourth-order valence-corrected chi connectivity index (χ4v) is 2.48. The SMILES string of the molecule is O=S(=O)(NCc1ccccc1)C(F)(F)C(F)(F)OC(F)(Br)C(F)(F)Br. The Morgan fingerprint density at radius 2 is 1.44 bits per heavy atom. The van der Waals surface area contributed by atoms with Gasteiger partial charge < -0.3 is 0 Å². The van der Waals surface area contributed by atoms with Gasteiger partial charge in [-0.3, -0.25) is 4.74 Å². The zero-order chi connectivity index (χ0) is 19.7. The summed E-state index contributed by atoms with van der Waals surface area (Å²) in [5.41, 5.74) is 0.137. The topological polar surface area (TPSA) is 55.4 Å². The van der Waals surface area contributed by atoms with Gasteiger partial charge in [0.25, 0.3) is 10.0 Å². The predicted octanol–water partition coefficient (Wildman–Crippen LogP) is 4.31. The van der Waals surface area contributed by atoms with Crippen LogP contribution in [0.25, 0.3) is 0 Å². The van der Waals surface area contributed by atoms with Crippen LogP contribution in [0, 0.1) is 0 Å². The van der Waals surface area contributed by atoms with E-state index in [4.69, 9.17) is 0 Å². The summed E-state index contributed by atoms with van der Waals surface area (Å²) in [6.07, 6.45) is -6.15. The van der Waals surface area contributed by atoms with Gasteiger partial charge in [0.2, 0.25) is 0 Å². The molecular weight excluding hydrogens is 519 g/mol. The quantitative estimate of drug-likeness (QED) is 0.405. The maximum atomic E-state index is 13.6. The van der Waals surface area contributed by atoms with Gasteiger partial charge in [-0.2, -0.15) is 30.7 Å². The van der Waals surface area contributed by atoms with E-state index in [2.05, 4.69) is 4.74 Å². The molecule has 0 saturated heterocycles. The third kappa shape index (κ3) is 5.05. The van der Waals surface area contributed by atoms with Gasteiger partial charge in [-0.1, -0.05) is 30.3 Å². The van der Waals surface area contributed by atoms with Crippen LogP contribution in [0.5, 0.6) is 0 Å². The molecule has 0 aromatic heterocycles. The molecule has 0 aliphatic carbocycles. The van der Waals surface area contributed by atoms with Gasteiger partial charge in [0.1, 0.15) is 0 Å². The molecule has 0 heterocycles. The number of rotatable bonds is 8. The highest BCUT2D eigenvalue weighted by atomic mass is 79.9. The van der Waals surface area contributed by atoms with Crippen LogP contribution in [-0.2, 0) is 21.3 Å². The lowest BCUT2D eigenvalue weighted by atomic mass is 10.2. The summed E-state index contributed by atoms with van der Waals surface area (Å²) in [6.45, 7) is -0.807. The number of ether oxygens (including phenoxy) is 1. The normalized spacial score (nSPS) is 16.5. The molecule has 0 radical (unpaired) electrons. The molecule has 0 fully saturated rings. The Labute approximate surface area is 154 Å². The molecule has 4 nitrogen and oxygen atoms in total. The fourth-order valence-electron chi connectivity index (χ4n) is 1.30. The Kier molecular flexibility index (Phi) is 6.59. The predicted molar refractivity (Wildman–Crippen MR) is 79.8 cm³/mol. The Balaban J connectivity index is 3.03. The van der Waals surface area contributed by atoms with E-state index in [0.29, 0.717) is 0 Å². The average molecular weight is 527 g/mol. The number of halogens is 9. The van der Waals surface area contributed by atoms with Gasteiger partial charge in [-0.05, 0) is 37.4 Å². The molecule has 1 unspecified atom stereocenters. The maximum Gasteiger partial charge on any atom is 0.448 e. The van der Waals surface area contributed by atoms with Crippen LogP contribution in [0.3, 0.4) is 0 Å². The van der Waals surface area contributed by atoms with Gasteiger partial charge in [-0.15, -0.1) is 0 Å². The molecule has 0 saturated carbocycles. The average Bonchev–Trinajstić information content (AvgIpc) is 2.43. The van der Waals surface area contributed by atoms with E-state index in [-0.39, 0.29) is 5.56 Å². The summed E-state index contributed by atoms with van der Waals surface area (Å²) in [4.78, 5) is -4.87. The van der Waals surface area contributed by atoms with E-state index in [1.807, 2.05) is 0 Å². The molecular formula is C11H8Br2F7NO3S. The van der Waals surface area contributed by atoms with Crippen LogP contribution in [0.4, 0.5) is 30.7 Å². The van der Waals surface area contributed by atoms with Crippen LogP contribution in [0.1, 0.15) is 5.56 Å². The van der Waals surface area contributed by atoms with Crippen molar-refractivity contribution in [3.63, 3.8) is 0 Å². The monoisotopic (exact) mass is 525 g/mol. The Hall–Kier alpha value is -0.440. The number of alkyl halides is 9. The smallest absolute Gasteiger partial charge is 0.261 e. The summed E-state index contributed by atoms with van der Waals surface area (Å²) >= 11 is 2.67. The first kappa shape index (κ1) is 22.6. The third-order valence-corrected chi connectivity index (χ3v) is 5.71. The lowest BCUT2D eigenvalue weighted by Gasteiger charge is -2.31. The van der Waals surface area contributed by atoms with Crippen molar-refractivity contribution in [3.8, 4) is 0 Å². The molecule has 25 heavy (non-hydrogen) atoms. The molecule has 1 aromatic carbocycles. The van der Waals surface area contributed by atoms with Crippen molar-refractivity contribution >= 4 is 41.9 Å². The number of hydrogen-bond donors (Lipinski definition) is 1. The first-order chi connectivity index (χ1) is 11.0. The highest BCUT2D eigenvalue weighted by Gasteiger charge is 2.72. The van der Waals surface area contributed by atoms with Gasteiger partial charge in [0.15, 0.2) is 0 Å². The molecule has 1 atom stereocenters. The summed E-state index contributed by atoms with van der Waals surface area (Å²) in [5, 5.41) is -6.07. The molecule has 0 aliphatic rings. The van der Waals surface area contributed by atoms with Crippen molar-refractivity contribution in [2.45, 2.75) is 27.5 Å². The van der Waals surface area contributed by atoms with E-state index in [0.717, 1.165) is 0 Å². The van der Waals surface area contributed by atoms with Gasteiger partial charge in [0.05, 0.1) is 0 Å². The molecule has 0 aliphatic heterocycles. The van der Waals surface area contributed by atoms with Crippen LogP contribution < -0.4 is 4.72 Å². The summed E-state index contributed by atoms with van der Waals surface area (Å²) in [7, 11) is -6.14. The van der Waals surface area contributed by atoms with E-state index in [9.17, 15) is 39.2 Å². The zero-order valence-electron chi connectivity index (χ0n) is 11.6. The van der Waals surface area contributed by atoms with Crippen molar-refractivity contribution in [2.75, 3.05) is 0 Å². The Morgan fingerprint density at radius 3 is 1.88 bits per heavy atom. The maximum absolute atomic E-state index is 13.6. The van der Waals surface area contributed by atoms with Crippen molar-refractivity contribution < 1.29 is 43.9 Å². The lowest BCUT2D eigenvalue weighted by molar-refractivity contribution is -0.375. The standard InChI is InChI=1S/C11H8Br2F7NO3S/c12-8(14,15)9(13,16)24-10(17,18)11(19,20)25(22,23)21-6-7-4-2-1-3-5-7/h1-5,21H,6H2. The molecule has 1 aromatic rings. The van der Waals surface area contributed by atoms with Crippen LogP contribution in [0.2, 0.25) is 0 Å². The minimum atomic E-state index is -6.15. The zero-order valence-corrected chi connectivity index (χ0v) is 15.6. The second kappa shape index (κ2) is 7.29. The van der Waals surface area contributed by atoms with Crippen molar-refractivity contribution in [3.05, 3.63) is 35.9 Å². The van der Waals surface area contributed by atoms with Crippen molar-refractivity contribution in [1.82, 2.24) is 4.72 Å². The molecule has 0 spiro atoms. The molecule has 14 heteroatoms. The summed E-state index contributed by atoms with van der Waals surface area (Å²) in [6, 6.07) is 6.95. The second-order valence-electron chi connectivity index (χ2n) is 4.46. The highest BCUT2D eigenvalue weighted by Crippen LogP contribution is 2.50. The van der Waals surface area contributed by atoms with Gasteiger partial charge in [0, 0.05) is 6.54 Å². The van der Waals surface area contributed by atoms with E-state index < -0.39 is 37.5 Å². The summed E-state index contributed by atoms with van der Waals surface area (Å²) < 4.78 is 115. The van der Waals surface area contributed by atoms with Crippen LogP contribution in [-0.4, -0.2) is 29.4 Å². The Morgan fingerprint density at radius 1 is 0.960 bits per heavy atom. The molecule has 1 N–H and O–H groups in total. The fraction of sp³-hybridized carbons (Fsp3) is 0.455. The Bertz CT molecular complexity index is 695. The van der Waals surface area contributed by atoms with Gasteiger partial charge in [-0.25, -0.2) is 13.1 Å². The minimum absolute atomic E-state index is 0.137. The highest BCUT2D eigenvalue weighted by molar-refractivity contribution is 9.12. The van der Waals surface area contributed by atoms with E-state index in [1.54, 1.807) is 0 Å².